The van der Waals surface area contributed by atoms with Gasteiger partial charge in [0.05, 0.1) is 12.0 Å². The van der Waals surface area contributed by atoms with Crippen molar-refractivity contribution in [2.75, 3.05) is 0 Å². The summed E-state index contributed by atoms with van der Waals surface area (Å²) < 4.78 is 37.3. The largest absolute Gasteiger partial charge is 0.507 e. The van der Waals surface area contributed by atoms with Crippen LogP contribution in [-0.4, -0.2) is 16.2 Å². The number of aromatic hydroxyl groups is 1. The molecule has 0 aliphatic rings. The Morgan fingerprint density at radius 3 is 2.38 bits per heavy atom. The maximum absolute atomic E-state index is 12.4. The molecule has 0 unspecified atom stereocenters. The normalized spacial score (nSPS) is 11.5. The van der Waals surface area contributed by atoms with E-state index in [1.807, 2.05) is 0 Å². The first-order valence-electron chi connectivity index (χ1n) is 4.02. The van der Waals surface area contributed by atoms with E-state index in [1.54, 1.807) is 0 Å². The fourth-order valence-corrected chi connectivity index (χ4v) is 1.67. The Bertz CT molecular complexity index is 429. The van der Waals surface area contributed by atoms with Crippen molar-refractivity contribution in [2.24, 2.45) is 0 Å². The molecule has 1 rings (SSSR count). The Hall–Kier alpha value is -1.24. The molecule has 0 saturated carbocycles. The molecule has 0 amide bonds. The number of benzene rings is 1. The van der Waals surface area contributed by atoms with Gasteiger partial charge in [0, 0.05) is 10.0 Å². The van der Waals surface area contributed by atoms with Crippen LogP contribution in [0, 0.1) is 0 Å². The van der Waals surface area contributed by atoms with E-state index >= 15 is 0 Å². The lowest BCUT2D eigenvalue weighted by molar-refractivity contribution is -0.140. The predicted octanol–water partition coefficient (Wildman–Crippen LogP) is 2.80. The Labute approximate surface area is 96.6 Å². The van der Waals surface area contributed by atoms with E-state index in [4.69, 9.17) is 5.11 Å². The number of phenols is 1. The molecule has 0 fully saturated rings. The number of phenolic OH excluding ortho intramolecular Hbond substituents is 1. The lowest BCUT2D eigenvalue weighted by Gasteiger charge is -2.12. The van der Waals surface area contributed by atoms with E-state index in [-0.39, 0.29) is 10.0 Å². The molecular formula is C9H6BrF3O3. The third-order valence-electron chi connectivity index (χ3n) is 1.80. The summed E-state index contributed by atoms with van der Waals surface area (Å²) in [6.07, 6.45) is -5.39. The highest BCUT2D eigenvalue weighted by Crippen LogP contribution is 2.39. The molecule has 7 heteroatoms. The lowest BCUT2D eigenvalue weighted by Crippen LogP contribution is -2.08. The van der Waals surface area contributed by atoms with Crippen molar-refractivity contribution in [2.45, 2.75) is 12.6 Å². The summed E-state index contributed by atoms with van der Waals surface area (Å²) in [7, 11) is 0. The molecule has 16 heavy (non-hydrogen) atoms. The molecule has 0 aliphatic heterocycles. The molecule has 0 aliphatic carbocycles. The highest BCUT2D eigenvalue weighted by Gasteiger charge is 2.35. The van der Waals surface area contributed by atoms with Gasteiger partial charge in [-0.25, -0.2) is 0 Å². The summed E-state index contributed by atoms with van der Waals surface area (Å²) in [5.74, 6) is -2.36. The third-order valence-corrected chi connectivity index (χ3v) is 2.26. The summed E-state index contributed by atoms with van der Waals surface area (Å²) in [6, 6.07) is 1.83. The van der Waals surface area contributed by atoms with Gasteiger partial charge < -0.3 is 10.2 Å². The van der Waals surface area contributed by atoms with E-state index in [2.05, 4.69) is 15.9 Å². The van der Waals surface area contributed by atoms with Gasteiger partial charge in [-0.15, -0.1) is 0 Å². The minimum Gasteiger partial charge on any atom is -0.507 e. The smallest absolute Gasteiger partial charge is 0.420 e. The van der Waals surface area contributed by atoms with Gasteiger partial charge in [0.15, 0.2) is 0 Å². The van der Waals surface area contributed by atoms with Gasteiger partial charge in [0.2, 0.25) is 0 Å². The zero-order chi connectivity index (χ0) is 12.5. The van der Waals surface area contributed by atoms with Gasteiger partial charge in [0.25, 0.3) is 0 Å². The number of carbonyl (C=O) groups is 1. The molecule has 0 aromatic heterocycles. The average Bonchev–Trinajstić information content (AvgIpc) is 2.07. The Balaban J connectivity index is 3.32. The van der Waals surface area contributed by atoms with Crippen molar-refractivity contribution in [3.8, 4) is 5.75 Å². The van der Waals surface area contributed by atoms with Crippen LogP contribution >= 0.6 is 15.9 Å². The first-order chi connectivity index (χ1) is 7.21. The van der Waals surface area contributed by atoms with Crippen LogP contribution in [0.15, 0.2) is 16.6 Å². The molecule has 3 nitrogen and oxygen atoms in total. The SMILES string of the molecule is O=C(O)Cc1cc(Br)cc(C(F)(F)F)c1O. The van der Waals surface area contributed by atoms with Crippen LogP contribution in [0.3, 0.4) is 0 Å². The Morgan fingerprint density at radius 2 is 1.94 bits per heavy atom. The molecule has 88 valence electrons. The van der Waals surface area contributed by atoms with Crippen LogP contribution < -0.4 is 0 Å². The molecule has 0 spiro atoms. The summed E-state index contributed by atoms with van der Waals surface area (Å²) >= 11 is 2.83. The predicted molar refractivity (Wildman–Crippen MR) is 52.1 cm³/mol. The average molecular weight is 299 g/mol. The van der Waals surface area contributed by atoms with E-state index < -0.39 is 29.9 Å². The van der Waals surface area contributed by atoms with Crippen molar-refractivity contribution in [3.05, 3.63) is 27.7 Å². The summed E-state index contributed by atoms with van der Waals surface area (Å²) in [5.41, 5.74) is -1.53. The van der Waals surface area contributed by atoms with E-state index in [1.165, 1.54) is 0 Å². The number of hydrogen-bond acceptors (Lipinski definition) is 2. The molecule has 0 heterocycles. The standard InChI is InChI=1S/C9H6BrF3O3/c10-5-1-4(2-7(14)15)8(16)6(3-5)9(11,12)13/h1,3,16H,2H2,(H,14,15). The highest BCUT2D eigenvalue weighted by atomic mass is 79.9. The molecular weight excluding hydrogens is 293 g/mol. The van der Waals surface area contributed by atoms with E-state index in [0.717, 1.165) is 6.07 Å². The van der Waals surface area contributed by atoms with Crippen molar-refractivity contribution in [1.29, 1.82) is 0 Å². The van der Waals surface area contributed by atoms with Gasteiger partial charge in [-0.2, -0.15) is 13.2 Å². The van der Waals surface area contributed by atoms with Crippen LogP contribution in [0.25, 0.3) is 0 Å². The molecule has 2 N–H and O–H groups in total. The van der Waals surface area contributed by atoms with Crippen LogP contribution in [0.2, 0.25) is 0 Å². The number of rotatable bonds is 2. The van der Waals surface area contributed by atoms with Crippen LogP contribution in [0.1, 0.15) is 11.1 Å². The number of hydrogen-bond donors (Lipinski definition) is 2. The van der Waals surface area contributed by atoms with Crippen molar-refractivity contribution >= 4 is 21.9 Å². The third kappa shape index (κ3) is 2.88. The molecule has 0 atom stereocenters. The second-order valence-corrected chi connectivity index (χ2v) is 3.95. The summed E-state index contributed by atoms with van der Waals surface area (Å²) in [4.78, 5) is 10.4. The monoisotopic (exact) mass is 298 g/mol. The van der Waals surface area contributed by atoms with E-state index in [0.29, 0.717) is 6.07 Å². The van der Waals surface area contributed by atoms with Crippen molar-refractivity contribution < 1.29 is 28.2 Å². The maximum atomic E-state index is 12.4. The van der Waals surface area contributed by atoms with Gasteiger partial charge in [0.1, 0.15) is 5.75 Å². The maximum Gasteiger partial charge on any atom is 0.420 e. The number of carboxylic acids is 1. The fraction of sp³-hybridized carbons (Fsp3) is 0.222. The van der Waals surface area contributed by atoms with Gasteiger partial charge >= 0.3 is 12.1 Å². The van der Waals surface area contributed by atoms with Gasteiger partial charge in [-0.3, -0.25) is 4.79 Å². The molecule has 1 aromatic rings. The molecule has 0 bridgehead atoms. The lowest BCUT2D eigenvalue weighted by atomic mass is 10.1. The van der Waals surface area contributed by atoms with Crippen LogP contribution in [0.4, 0.5) is 13.2 Å². The first-order valence-corrected chi connectivity index (χ1v) is 4.81. The number of carboxylic acid groups (broad SMARTS) is 1. The minimum atomic E-state index is -4.72. The van der Waals surface area contributed by atoms with Gasteiger partial charge in [-0.05, 0) is 12.1 Å². The van der Waals surface area contributed by atoms with Crippen LogP contribution in [0.5, 0.6) is 5.75 Å². The van der Waals surface area contributed by atoms with E-state index in [9.17, 15) is 23.1 Å². The Morgan fingerprint density at radius 1 is 1.38 bits per heavy atom. The topological polar surface area (TPSA) is 57.5 Å². The molecule has 0 saturated heterocycles. The first kappa shape index (κ1) is 12.8. The zero-order valence-corrected chi connectivity index (χ0v) is 9.26. The fourth-order valence-electron chi connectivity index (χ4n) is 1.17. The second kappa shape index (κ2) is 4.32. The quantitative estimate of drug-likeness (QED) is 0.883. The minimum absolute atomic E-state index is 0.0638. The summed E-state index contributed by atoms with van der Waals surface area (Å²) in [6.45, 7) is 0. The summed E-state index contributed by atoms with van der Waals surface area (Å²) in [5, 5.41) is 17.8. The molecule has 1 aromatic carbocycles. The second-order valence-electron chi connectivity index (χ2n) is 3.03. The number of aliphatic carboxylic acids is 1. The number of alkyl halides is 3. The zero-order valence-electron chi connectivity index (χ0n) is 7.68. The van der Waals surface area contributed by atoms with Crippen LogP contribution in [-0.2, 0) is 17.4 Å². The highest BCUT2D eigenvalue weighted by molar-refractivity contribution is 9.10. The van der Waals surface area contributed by atoms with Crippen molar-refractivity contribution in [3.63, 3.8) is 0 Å². The van der Waals surface area contributed by atoms with Gasteiger partial charge in [-0.1, -0.05) is 15.9 Å². The number of halogens is 4. The Kier molecular flexibility index (Phi) is 3.47. The molecule has 0 radical (unpaired) electrons. The van der Waals surface area contributed by atoms with Crippen molar-refractivity contribution in [1.82, 2.24) is 0 Å².